The summed E-state index contributed by atoms with van der Waals surface area (Å²) < 4.78 is 167. The molecule has 0 bridgehead atoms. The number of amides is 1. The molecule has 1 aliphatic rings. The van der Waals surface area contributed by atoms with Crippen LogP contribution >= 0.6 is 0 Å². The minimum atomic E-state index is -4.22. The minimum Gasteiger partial charge on any atom is -0.326 e. The van der Waals surface area contributed by atoms with Gasteiger partial charge in [-0.3, -0.25) is 4.79 Å². The van der Waals surface area contributed by atoms with Crippen LogP contribution < -0.4 is 5.32 Å². The summed E-state index contributed by atoms with van der Waals surface area (Å²) in [4.78, 5) is 11.6. The van der Waals surface area contributed by atoms with Crippen molar-refractivity contribution in [1.82, 2.24) is 4.90 Å². The molecule has 0 saturated heterocycles. The van der Waals surface area contributed by atoms with Crippen LogP contribution in [0.2, 0.25) is 0 Å². The fourth-order valence-electron chi connectivity index (χ4n) is 1.42. The van der Waals surface area contributed by atoms with E-state index in [1.54, 1.807) is 0 Å². The van der Waals surface area contributed by atoms with Gasteiger partial charge >= 0.3 is 0 Å². The second-order valence-corrected chi connectivity index (χ2v) is 3.32. The molecule has 1 aromatic carbocycles. The topological polar surface area (TPSA) is 32.3 Å². The van der Waals surface area contributed by atoms with Gasteiger partial charge in [0.25, 0.3) is 0 Å². The molecule has 1 N–H and O–H groups in total. The van der Waals surface area contributed by atoms with E-state index >= 15 is 0 Å². The lowest BCUT2D eigenvalue weighted by molar-refractivity contribution is -0.115. The highest BCUT2D eigenvalue weighted by molar-refractivity contribution is 5.99. The van der Waals surface area contributed by atoms with Crippen LogP contribution in [0.15, 0.2) is 18.1 Å². The van der Waals surface area contributed by atoms with E-state index in [0.29, 0.717) is 0 Å². The Hall–Kier alpha value is -1.35. The molecule has 1 amide bonds. The molecule has 0 spiro atoms. The van der Waals surface area contributed by atoms with Crippen LogP contribution in [0.25, 0.3) is 0 Å². The van der Waals surface area contributed by atoms with Crippen LogP contribution in [0, 0.1) is 0 Å². The van der Waals surface area contributed by atoms with Gasteiger partial charge in [-0.05, 0) is 49.3 Å². The maximum absolute atomic E-state index is 12.3. The molecule has 1 heterocycles. The van der Waals surface area contributed by atoms with Gasteiger partial charge in [0.1, 0.15) is 0 Å². The van der Waals surface area contributed by atoms with E-state index in [2.05, 4.69) is 0 Å². The highest BCUT2D eigenvalue weighted by atomic mass is 16.1. The Morgan fingerprint density at radius 2 is 2.26 bits per heavy atom. The first-order chi connectivity index (χ1) is 17.3. The molecule has 0 radical (unpaired) electrons. The van der Waals surface area contributed by atoms with Crippen LogP contribution in [0.4, 0.5) is 5.69 Å². The molecule has 0 aromatic heterocycles. The Kier molecular flexibility index (Phi) is 1.10. The van der Waals surface area contributed by atoms with Crippen molar-refractivity contribution in [2.75, 3.05) is 24.9 Å². The predicted molar refractivity (Wildman–Crippen MR) is 79.5 cm³/mol. The summed E-state index contributed by atoms with van der Waals surface area (Å²) in [6, 6.07) is -3.16. The van der Waals surface area contributed by atoms with Crippen LogP contribution in [-0.4, -0.2) is 30.3 Å². The van der Waals surface area contributed by atoms with Crippen LogP contribution in [0.5, 0.6) is 0 Å². The first kappa shape index (κ1) is 3.11. The molecule has 0 saturated carbocycles. The van der Waals surface area contributed by atoms with Crippen molar-refractivity contribution in [3.63, 3.8) is 0 Å². The van der Waals surface area contributed by atoms with Crippen molar-refractivity contribution in [3.05, 3.63) is 29.3 Å². The van der Waals surface area contributed by atoms with Crippen molar-refractivity contribution in [3.8, 4) is 0 Å². The number of fused-ring (bicyclic) bond motifs is 1. The van der Waals surface area contributed by atoms with E-state index in [0.717, 1.165) is 0 Å². The SMILES string of the molecule is [2H]c1c([2H])c2c(c(C([2H])([2H])CN(C([2H])([2H])C([2H])([2H])C([2H])([2H])[2H])C([2H])([2H])C([2H])([2H])C([2H])([2H])[2H])c1[2H])C([2H])([2H])C(=O)N2. The molecule has 0 unspecified atom stereocenters. The third kappa shape index (κ3) is 3.57. The van der Waals surface area contributed by atoms with Gasteiger partial charge in [0, 0.05) is 36.9 Å². The molecular weight excluding hydrogens is 236 g/mol. The summed E-state index contributed by atoms with van der Waals surface area (Å²) in [6.45, 7) is -18.2. The minimum absolute atomic E-state index is 0.636. The lowest BCUT2D eigenvalue weighted by atomic mass is 10.0. The van der Waals surface area contributed by atoms with Gasteiger partial charge in [-0.2, -0.15) is 0 Å². The molecule has 0 fully saturated rings. The fourth-order valence-corrected chi connectivity index (χ4v) is 1.42. The van der Waals surface area contributed by atoms with Gasteiger partial charge in [0.2, 0.25) is 5.91 Å². The molecule has 0 aliphatic carbocycles. The molecule has 3 heteroatoms. The van der Waals surface area contributed by atoms with Crippen LogP contribution in [0.3, 0.4) is 0 Å². The highest BCUT2D eigenvalue weighted by Crippen LogP contribution is 2.26. The van der Waals surface area contributed by atoms with E-state index in [4.69, 9.17) is 28.8 Å². The lowest BCUT2D eigenvalue weighted by Gasteiger charge is -2.21. The van der Waals surface area contributed by atoms with Gasteiger partial charge in [0.15, 0.2) is 0 Å². The number of hydrogen-bond donors (Lipinski definition) is 1. The second-order valence-electron chi connectivity index (χ2n) is 3.32. The maximum Gasteiger partial charge on any atom is 0.228 e. The number of carbonyl (C=O) groups excluding carboxylic acids is 1. The molecular formula is C16H24N2O. The number of anilines is 1. The van der Waals surface area contributed by atoms with E-state index in [1.807, 2.05) is 5.32 Å². The Morgan fingerprint density at radius 3 is 3.00 bits per heavy atom. The molecule has 1 aromatic rings. The van der Waals surface area contributed by atoms with Gasteiger partial charge in [-0.1, -0.05) is 25.8 Å². The van der Waals surface area contributed by atoms with E-state index < -0.39 is 104 Å². The average molecular weight is 282 g/mol. The van der Waals surface area contributed by atoms with E-state index in [9.17, 15) is 4.79 Å². The zero-order valence-corrected chi connectivity index (χ0v) is 9.56. The van der Waals surface area contributed by atoms with Crippen molar-refractivity contribution >= 4 is 11.6 Å². The maximum atomic E-state index is 12.3. The average Bonchev–Trinajstić information content (AvgIpc) is 2.97. The van der Waals surface area contributed by atoms with Gasteiger partial charge in [-0.25, -0.2) is 0 Å². The van der Waals surface area contributed by atoms with Crippen molar-refractivity contribution in [2.24, 2.45) is 0 Å². The molecule has 19 heavy (non-hydrogen) atoms. The summed E-state index contributed by atoms with van der Waals surface area (Å²) in [5, 5.41) is 1.94. The Balaban J connectivity index is 2.98. The monoisotopic (exact) mass is 281 g/mol. The smallest absolute Gasteiger partial charge is 0.228 e. The normalized spacial score (nSPS) is 37.7. The number of hydrogen-bond acceptors (Lipinski definition) is 2. The predicted octanol–water partition coefficient (Wildman–Crippen LogP) is 2.85. The zero-order chi connectivity index (χ0) is 32.0. The van der Waals surface area contributed by atoms with Gasteiger partial charge < -0.3 is 10.2 Å². The molecule has 2 rings (SSSR count). The Morgan fingerprint density at radius 1 is 1.47 bits per heavy atom. The summed E-state index contributed by atoms with van der Waals surface area (Å²) in [5.74, 6) is -1.43. The number of nitrogens with zero attached hydrogens (tertiary/aromatic N) is 1. The highest BCUT2D eigenvalue weighted by Gasteiger charge is 2.20. The first-order valence-corrected chi connectivity index (χ1v) is 5.07. The number of rotatable bonds is 7. The largest absolute Gasteiger partial charge is 0.326 e. The van der Waals surface area contributed by atoms with Crippen molar-refractivity contribution < 1.29 is 33.6 Å². The Labute approximate surface area is 145 Å². The summed E-state index contributed by atoms with van der Waals surface area (Å²) in [7, 11) is 0. The quantitative estimate of drug-likeness (QED) is 0.833. The Bertz CT molecular complexity index is 1160. The van der Waals surface area contributed by atoms with Crippen molar-refractivity contribution in [1.29, 1.82) is 0 Å². The van der Waals surface area contributed by atoms with Gasteiger partial charge in [0.05, 0.1) is 10.5 Å². The molecule has 1 aliphatic heterocycles. The summed E-state index contributed by atoms with van der Waals surface area (Å²) >= 11 is 0. The molecule has 104 valence electrons. The standard InChI is InChI=1S/C16H24N2O/c1-3-9-18(10-4-2)11-8-13-6-5-7-15-14(13)12-16(19)17-15/h5-7H,3-4,8-12H2,1-2H3,(H,17,19)/i1D3,2D3,3D2,4D2,5D,6D,7D,8D2,9D2,10D2,12D2. The van der Waals surface area contributed by atoms with Gasteiger partial charge in [-0.15, -0.1) is 0 Å². The molecule has 3 nitrogen and oxygen atoms in total. The second kappa shape index (κ2) is 6.71. The number of benzene rings is 1. The number of carbonyl (C=O) groups is 1. The van der Waals surface area contributed by atoms with Crippen LogP contribution in [-0.2, 0) is 17.5 Å². The third-order valence-corrected chi connectivity index (χ3v) is 2.15. The first-order valence-electron chi connectivity index (χ1n) is 15.6. The van der Waals surface area contributed by atoms with Crippen LogP contribution in [0.1, 0.15) is 66.4 Å². The lowest BCUT2D eigenvalue weighted by Crippen LogP contribution is -2.28. The molecule has 0 atom stereocenters. The van der Waals surface area contributed by atoms with E-state index in [1.165, 1.54) is 0 Å². The fraction of sp³-hybridized carbons (Fsp3) is 0.562. The zero-order valence-electron chi connectivity index (χ0n) is 30.6. The summed E-state index contributed by atoms with van der Waals surface area (Å²) in [5.41, 5.74) is -2.93. The van der Waals surface area contributed by atoms with E-state index in [-0.39, 0.29) is 0 Å². The number of nitrogens with one attached hydrogen (secondary N) is 1. The van der Waals surface area contributed by atoms with Crippen molar-refractivity contribution in [2.45, 2.75) is 39.2 Å². The summed E-state index contributed by atoms with van der Waals surface area (Å²) in [6.07, 6.45) is -14.9. The third-order valence-electron chi connectivity index (χ3n) is 2.15.